The molecule has 0 amide bonds. The van der Waals surface area contributed by atoms with E-state index in [4.69, 9.17) is 5.11 Å². The molecule has 0 unspecified atom stereocenters. The number of aryl methyl sites for hydroxylation is 1. The summed E-state index contributed by atoms with van der Waals surface area (Å²) < 4.78 is 0. The van der Waals surface area contributed by atoms with Crippen LogP contribution in [0.3, 0.4) is 0 Å². The Bertz CT molecular complexity index is 431. The van der Waals surface area contributed by atoms with Gasteiger partial charge in [-0.25, -0.2) is 4.79 Å². The minimum absolute atomic E-state index is 0.207. The number of aromatic carboxylic acids is 1. The van der Waals surface area contributed by atoms with Crippen molar-refractivity contribution in [2.75, 3.05) is 0 Å². The Kier molecular flexibility index (Phi) is 5.59. The molecule has 1 aliphatic carbocycles. The van der Waals surface area contributed by atoms with E-state index >= 15 is 0 Å². The molecule has 0 fully saturated rings. The van der Waals surface area contributed by atoms with E-state index in [0.717, 1.165) is 19.3 Å². The van der Waals surface area contributed by atoms with Crippen molar-refractivity contribution in [3.05, 3.63) is 34.9 Å². The summed E-state index contributed by atoms with van der Waals surface area (Å²) in [5, 5.41) is 9.10. The first-order chi connectivity index (χ1) is 9.13. The highest BCUT2D eigenvalue weighted by Crippen LogP contribution is 2.42. The molecule has 1 aromatic carbocycles. The number of benzene rings is 1. The molecule has 0 saturated heterocycles. The predicted octanol–water partition coefficient (Wildman–Crippen LogP) is 4.81. The van der Waals surface area contributed by atoms with E-state index in [1.807, 2.05) is 26.0 Å². The summed E-state index contributed by atoms with van der Waals surface area (Å²) in [6.07, 6.45) is 5.70. The Morgan fingerprint density at radius 3 is 2.42 bits per heavy atom. The van der Waals surface area contributed by atoms with Gasteiger partial charge in [0.05, 0.1) is 5.56 Å². The summed E-state index contributed by atoms with van der Waals surface area (Å²) in [5.41, 5.74) is 3.27. The van der Waals surface area contributed by atoms with Crippen molar-refractivity contribution in [1.82, 2.24) is 0 Å². The number of carboxylic acid groups (broad SMARTS) is 1. The highest BCUT2D eigenvalue weighted by molar-refractivity contribution is 5.88. The summed E-state index contributed by atoms with van der Waals surface area (Å²) in [5.74, 6) is -0.820. The first kappa shape index (κ1) is 15.7. The standard InChI is InChI=1S/C15H20O2.C2H6/c1-3-15(4-2)9-5-6-11-7-8-12(14(16)17)10-13(11)15;1-2/h7-8,10H,3-6,9H2,1-2H3,(H,16,17);1-2H3. The Balaban J connectivity index is 0.000000861. The van der Waals surface area contributed by atoms with Crippen molar-refractivity contribution in [3.63, 3.8) is 0 Å². The molecule has 0 spiro atoms. The molecule has 0 heterocycles. The monoisotopic (exact) mass is 262 g/mol. The molecule has 0 bridgehead atoms. The highest BCUT2D eigenvalue weighted by Gasteiger charge is 2.33. The van der Waals surface area contributed by atoms with Crippen LogP contribution in [0.15, 0.2) is 18.2 Å². The number of hydrogen-bond donors (Lipinski definition) is 1. The van der Waals surface area contributed by atoms with Gasteiger partial charge in [-0.15, -0.1) is 0 Å². The van der Waals surface area contributed by atoms with Crippen LogP contribution in [0.5, 0.6) is 0 Å². The van der Waals surface area contributed by atoms with E-state index in [2.05, 4.69) is 13.8 Å². The Hall–Kier alpha value is -1.31. The van der Waals surface area contributed by atoms with Gasteiger partial charge < -0.3 is 5.11 Å². The van der Waals surface area contributed by atoms with Crippen LogP contribution >= 0.6 is 0 Å². The lowest BCUT2D eigenvalue weighted by atomic mass is 9.66. The number of rotatable bonds is 3. The summed E-state index contributed by atoms with van der Waals surface area (Å²) in [7, 11) is 0. The molecule has 0 radical (unpaired) electrons. The molecule has 2 nitrogen and oxygen atoms in total. The third-order valence-corrected chi connectivity index (χ3v) is 4.38. The second kappa shape index (κ2) is 6.74. The van der Waals surface area contributed by atoms with E-state index < -0.39 is 5.97 Å². The molecule has 0 aliphatic heterocycles. The first-order valence-corrected chi connectivity index (χ1v) is 7.49. The van der Waals surface area contributed by atoms with Gasteiger partial charge in [-0.2, -0.15) is 0 Å². The third kappa shape index (κ3) is 2.99. The van der Waals surface area contributed by atoms with Gasteiger partial charge in [0, 0.05) is 0 Å². The zero-order chi connectivity index (χ0) is 14.5. The summed E-state index contributed by atoms with van der Waals surface area (Å²) >= 11 is 0. The van der Waals surface area contributed by atoms with Crippen LogP contribution in [-0.2, 0) is 11.8 Å². The number of carboxylic acids is 1. The molecule has 2 heteroatoms. The van der Waals surface area contributed by atoms with Gasteiger partial charge in [-0.3, -0.25) is 0 Å². The maximum Gasteiger partial charge on any atom is 0.335 e. The fraction of sp³-hybridized carbons (Fsp3) is 0.588. The van der Waals surface area contributed by atoms with E-state index in [9.17, 15) is 4.79 Å². The van der Waals surface area contributed by atoms with Crippen LogP contribution in [0.25, 0.3) is 0 Å². The SMILES string of the molecule is CC.CCC1(CC)CCCc2ccc(C(=O)O)cc21. The molecule has 19 heavy (non-hydrogen) atoms. The molecule has 0 atom stereocenters. The van der Waals surface area contributed by atoms with Gasteiger partial charge in [0.2, 0.25) is 0 Å². The topological polar surface area (TPSA) is 37.3 Å². The Labute approximate surface area is 116 Å². The van der Waals surface area contributed by atoms with Crippen molar-refractivity contribution >= 4 is 5.97 Å². The average molecular weight is 262 g/mol. The molecule has 0 saturated carbocycles. The maximum atomic E-state index is 11.1. The Morgan fingerprint density at radius 1 is 1.26 bits per heavy atom. The van der Waals surface area contributed by atoms with Crippen molar-refractivity contribution < 1.29 is 9.90 Å². The minimum Gasteiger partial charge on any atom is -0.478 e. The van der Waals surface area contributed by atoms with E-state index in [1.165, 1.54) is 24.0 Å². The minimum atomic E-state index is -0.820. The van der Waals surface area contributed by atoms with Gasteiger partial charge >= 0.3 is 5.97 Å². The van der Waals surface area contributed by atoms with Crippen LogP contribution in [0.4, 0.5) is 0 Å². The molecule has 1 N–H and O–H groups in total. The van der Waals surface area contributed by atoms with Gasteiger partial charge in [0.1, 0.15) is 0 Å². The molecule has 1 aliphatic rings. The second-order valence-electron chi connectivity index (χ2n) is 5.02. The fourth-order valence-electron chi connectivity index (χ4n) is 3.16. The molecule has 0 aromatic heterocycles. The number of fused-ring (bicyclic) bond motifs is 1. The molecule has 1 aromatic rings. The van der Waals surface area contributed by atoms with E-state index in [0.29, 0.717) is 5.56 Å². The fourth-order valence-corrected chi connectivity index (χ4v) is 3.16. The lowest BCUT2D eigenvalue weighted by Gasteiger charge is -2.38. The molecule has 106 valence electrons. The first-order valence-electron chi connectivity index (χ1n) is 7.49. The third-order valence-electron chi connectivity index (χ3n) is 4.38. The lowest BCUT2D eigenvalue weighted by Crippen LogP contribution is -2.29. The zero-order valence-electron chi connectivity index (χ0n) is 12.6. The molecule has 2 rings (SSSR count). The van der Waals surface area contributed by atoms with Gasteiger partial charge in [-0.05, 0) is 60.8 Å². The van der Waals surface area contributed by atoms with E-state index in [-0.39, 0.29) is 5.41 Å². The van der Waals surface area contributed by atoms with Crippen molar-refractivity contribution in [2.45, 2.75) is 65.2 Å². The molecular formula is C17H26O2. The average Bonchev–Trinajstić information content (AvgIpc) is 2.48. The van der Waals surface area contributed by atoms with Crippen LogP contribution < -0.4 is 0 Å². The highest BCUT2D eigenvalue weighted by atomic mass is 16.4. The summed E-state index contributed by atoms with van der Waals surface area (Å²) in [4.78, 5) is 11.1. The largest absolute Gasteiger partial charge is 0.478 e. The van der Waals surface area contributed by atoms with Gasteiger partial charge in [-0.1, -0.05) is 33.8 Å². The lowest BCUT2D eigenvalue weighted by molar-refractivity contribution is 0.0696. The van der Waals surface area contributed by atoms with Crippen LogP contribution in [0.2, 0.25) is 0 Å². The maximum absolute atomic E-state index is 11.1. The number of carbonyl (C=O) groups is 1. The zero-order valence-corrected chi connectivity index (χ0v) is 12.6. The predicted molar refractivity (Wildman–Crippen MR) is 79.9 cm³/mol. The number of hydrogen-bond acceptors (Lipinski definition) is 1. The summed E-state index contributed by atoms with van der Waals surface area (Å²) in [6.45, 7) is 8.43. The second-order valence-corrected chi connectivity index (χ2v) is 5.02. The van der Waals surface area contributed by atoms with Crippen molar-refractivity contribution in [3.8, 4) is 0 Å². The van der Waals surface area contributed by atoms with E-state index in [1.54, 1.807) is 6.07 Å². The van der Waals surface area contributed by atoms with Gasteiger partial charge in [0.25, 0.3) is 0 Å². The Morgan fingerprint density at radius 2 is 1.89 bits per heavy atom. The summed E-state index contributed by atoms with van der Waals surface area (Å²) in [6, 6.07) is 5.66. The van der Waals surface area contributed by atoms with Crippen LogP contribution in [0.1, 0.15) is 74.9 Å². The van der Waals surface area contributed by atoms with Crippen LogP contribution in [0, 0.1) is 0 Å². The van der Waals surface area contributed by atoms with Gasteiger partial charge in [0.15, 0.2) is 0 Å². The molecular weight excluding hydrogens is 236 g/mol. The smallest absolute Gasteiger partial charge is 0.335 e. The van der Waals surface area contributed by atoms with Crippen molar-refractivity contribution in [1.29, 1.82) is 0 Å². The van der Waals surface area contributed by atoms with Crippen molar-refractivity contribution in [2.24, 2.45) is 0 Å². The normalized spacial score (nSPS) is 16.0. The quantitative estimate of drug-likeness (QED) is 0.849. The van der Waals surface area contributed by atoms with Crippen LogP contribution in [-0.4, -0.2) is 11.1 Å².